The Labute approximate surface area is 206 Å². The van der Waals surface area contributed by atoms with Gasteiger partial charge in [-0.3, -0.25) is 14.9 Å². The van der Waals surface area contributed by atoms with Gasteiger partial charge in [-0.25, -0.2) is 4.39 Å². The summed E-state index contributed by atoms with van der Waals surface area (Å²) < 4.78 is 13.9. The Hall–Kier alpha value is -4.78. The number of H-pyrrole nitrogens is 2. The molecule has 6 rings (SSSR count). The number of rotatable bonds is 5. The largest absolute Gasteiger partial charge is 0.353 e. The second kappa shape index (κ2) is 8.78. The molecule has 7 heteroatoms. The number of aromatic amines is 2. The smallest absolute Gasteiger partial charge is 0.224 e. The fourth-order valence-electron chi connectivity index (χ4n) is 4.50. The van der Waals surface area contributed by atoms with Crippen molar-refractivity contribution in [2.75, 3.05) is 5.32 Å². The van der Waals surface area contributed by atoms with Gasteiger partial charge in [-0.2, -0.15) is 5.10 Å². The number of nitrogens with zero attached hydrogens (tertiary/aromatic N) is 2. The third kappa shape index (κ3) is 3.90. The van der Waals surface area contributed by atoms with Gasteiger partial charge in [0.15, 0.2) is 0 Å². The molecule has 3 aromatic heterocycles. The van der Waals surface area contributed by atoms with Gasteiger partial charge < -0.3 is 10.3 Å². The van der Waals surface area contributed by atoms with E-state index in [9.17, 15) is 9.18 Å². The number of hydrogen-bond donors (Lipinski definition) is 3. The molecule has 6 aromatic rings. The first kappa shape index (κ1) is 21.7. The maximum Gasteiger partial charge on any atom is 0.224 e. The highest BCUT2D eigenvalue weighted by atomic mass is 19.1. The van der Waals surface area contributed by atoms with Crippen LogP contribution in [0.3, 0.4) is 0 Å². The number of fused-ring (bicyclic) bond motifs is 2. The van der Waals surface area contributed by atoms with E-state index in [2.05, 4.69) is 37.6 Å². The number of carbonyl (C=O) groups is 1. The molecule has 0 saturated carbocycles. The first-order valence-electron chi connectivity index (χ1n) is 11.7. The topological polar surface area (TPSA) is 86.5 Å². The molecule has 0 unspecified atom stereocenters. The standard InChI is InChI=1S/C29H22FN5O/c1-2-28(36)32-21-12-19(15-31-16-21)17-9-10-26-24(13-17)29(35-34-26)27-14-23-22(7-4-8-25(23)33-27)18-5-3-6-20(30)11-18/h3-16,33H,2H2,1H3,(H,32,36)(H,34,35). The molecule has 3 aromatic carbocycles. The average molecular weight is 476 g/mol. The zero-order valence-corrected chi connectivity index (χ0v) is 19.5. The fourth-order valence-corrected chi connectivity index (χ4v) is 4.50. The van der Waals surface area contributed by atoms with E-state index < -0.39 is 0 Å². The third-order valence-corrected chi connectivity index (χ3v) is 6.29. The van der Waals surface area contributed by atoms with Crippen LogP contribution in [0.1, 0.15) is 13.3 Å². The van der Waals surface area contributed by atoms with Crippen LogP contribution in [0.25, 0.3) is 55.4 Å². The van der Waals surface area contributed by atoms with Gasteiger partial charge >= 0.3 is 0 Å². The summed E-state index contributed by atoms with van der Waals surface area (Å²) in [5.74, 6) is -0.322. The van der Waals surface area contributed by atoms with E-state index in [0.29, 0.717) is 12.1 Å². The molecule has 6 nitrogen and oxygen atoms in total. The number of halogens is 1. The van der Waals surface area contributed by atoms with Crippen molar-refractivity contribution in [3.05, 3.63) is 91.0 Å². The predicted molar refractivity (Wildman–Crippen MR) is 141 cm³/mol. The Morgan fingerprint density at radius 3 is 2.64 bits per heavy atom. The van der Waals surface area contributed by atoms with Crippen molar-refractivity contribution in [3.8, 4) is 33.6 Å². The number of amides is 1. The summed E-state index contributed by atoms with van der Waals surface area (Å²) in [6, 6.07) is 22.6. The van der Waals surface area contributed by atoms with Crippen LogP contribution in [0.4, 0.5) is 10.1 Å². The van der Waals surface area contributed by atoms with Gasteiger partial charge in [0.2, 0.25) is 5.91 Å². The maximum atomic E-state index is 13.9. The van der Waals surface area contributed by atoms with E-state index in [1.165, 1.54) is 6.07 Å². The minimum Gasteiger partial charge on any atom is -0.353 e. The number of nitrogens with one attached hydrogen (secondary N) is 3. The molecule has 1 amide bonds. The molecule has 3 N–H and O–H groups in total. The normalized spacial score (nSPS) is 11.3. The third-order valence-electron chi connectivity index (χ3n) is 6.29. The van der Waals surface area contributed by atoms with Crippen LogP contribution in [0.5, 0.6) is 0 Å². The minimum atomic E-state index is -0.265. The van der Waals surface area contributed by atoms with E-state index in [1.54, 1.807) is 24.5 Å². The molecule has 0 atom stereocenters. The number of aromatic nitrogens is 4. The Bertz CT molecular complexity index is 1750. The summed E-state index contributed by atoms with van der Waals surface area (Å²) in [6.07, 6.45) is 3.82. The van der Waals surface area contributed by atoms with E-state index in [-0.39, 0.29) is 11.7 Å². The molecular weight excluding hydrogens is 453 g/mol. The molecule has 0 aliphatic heterocycles. The van der Waals surface area contributed by atoms with E-state index in [0.717, 1.165) is 55.4 Å². The SMILES string of the molecule is CCC(=O)Nc1cncc(-c2ccc3[nH]nc(-c4cc5c(-c6cccc(F)c6)cccc5[nH]4)c3c2)c1. The molecule has 0 aliphatic rings. The molecule has 0 radical (unpaired) electrons. The second-order valence-electron chi connectivity index (χ2n) is 8.66. The van der Waals surface area contributed by atoms with Gasteiger partial charge in [-0.05, 0) is 59.2 Å². The molecule has 0 aliphatic carbocycles. The monoisotopic (exact) mass is 475 g/mol. The van der Waals surface area contributed by atoms with Gasteiger partial charge in [0, 0.05) is 34.5 Å². The van der Waals surface area contributed by atoms with Crippen LogP contribution in [-0.2, 0) is 4.79 Å². The predicted octanol–water partition coefficient (Wildman–Crippen LogP) is 6.93. The Kier molecular flexibility index (Phi) is 5.30. The van der Waals surface area contributed by atoms with Crippen LogP contribution in [0, 0.1) is 5.82 Å². The Morgan fingerprint density at radius 2 is 1.78 bits per heavy atom. The van der Waals surface area contributed by atoms with Crippen molar-refractivity contribution in [2.45, 2.75) is 13.3 Å². The molecule has 36 heavy (non-hydrogen) atoms. The number of benzene rings is 3. The van der Waals surface area contributed by atoms with Gasteiger partial charge in [-0.15, -0.1) is 0 Å². The van der Waals surface area contributed by atoms with Crippen molar-refractivity contribution in [1.29, 1.82) is 0 Å². The lowest BCUT2D eigenvalue weighted by Crippen LogP contribution is -2.09. The molecule has 3 heterocycles. The first-order chi connectivity index (χ1) is 17.6. The number of pyridine rings is 1. The zero-order chi connectivity index (χ0) is 24.6. The van der Waals surface area contributed by atoms with Crippen LogP contribution in [0.15, 0.2) is 85.2 Å². The van der Waals surface area contributed by atoms with Gasteiger partial charge in [0.1, 0.15) is 11.5 Å². The summed E-state index contributed by atoms with van der Waals surface area (Å²) in [4.78, 5) is 19.6. The van der Waals surface area contributed by atoms with Crippen LogP contribution in [0.2, 0.25) is 0 Å². The highest BCUT2D eigenvalue weighted by Gasteiger charge is 2.15. The quantitative estimate of drug-likeness (QED) is 0.253. The highest BCUT2D eigenvalue weighted by molar-refractivity contribution is 6.02. The lowest BCUT2D eigenvalue weighted by atomic mass is 10.0. The molecule has 0 spiro atoms. The van der Waals surface area contributed by atoms with Crippen LogP contribution >= 0.6 is 0 Å². The minimum absolute atomic E-state index is 0.0575. The van der Waals surface area contributed by atoms with Crippen molar-refractivity contribution in [3.63, 3.8) is 0 Å². The molecule has 0 fully saturated rings. The van der Waals surface area contributed by atoms with Gasteiger partial charge in [-0.1, -0.05) is 37.3 Å². The maximum absolute atomic E-state index is 13.9. The molecule has 0 saturated heterocycles. The lowest BCUT2D eigenvalue weighted by molar-refractivity contribution is -0.115. The van der Waals surface area contributed by atoms with Gasteiger partial charge in [0.25, 0.3) is 0 Å². The first-order valence-corrected chi connectivity index (χ1v) is 11.7. The molecular formula is C29H22FN5O. The van der Waals surface area contributed by atoms with Crippen LogP contribution < -0.4 is 5.32 Å². The Balaban J connectivity index is 1.43. The van der Waals surface area contributed by atoms with Crippen molar-refractivity contribution < 1.29 is 9.18 Å². The highest BCUT2D eigenvalue weighted by Crippen LogP contribution is 2.35. The number of carbonyl (C=O) groups excluding carboxylic acids is 1. The summed E-state index contributed by atoms with van der Waals surface area (Å²) in [7, 11) is 0. The number of hydrogen-bond acceptors (Lipinski definition) is 3. The van der Waals surface area contributed by atoms with E-state index in [4.69, 9.17) is 0 Å². The Morgan fingerprint density at radius 1 is 0.889 bits per heavy atom. The fraction of sp³-hybridized carbons (Fsp3) is 0.0690. The second-order valence-corrected chi connectivity index (χ2v) is 8.66. The lowest BCUT2D eigenvalue weighted by Gasteiger charge is -2.06. The van der Waals surface area contributed by atoms with Crippen molar-refractivity contribution >= 4 is 33.4 Å². The summed E-state index contributed by atoms with van der Waals surface area (Å²) in [6.45, 7) is 1.81. The zero-order valence-electron chi connectivity index (χ0n) is 19.5. The average Bonchev–Trinajstić information content (AvgIpc) is 3.52. The molecule has 176 valence electrons. The molecule has 0 bridgehead atoms. The summed E-state index contributed by atoms with van der Waals surface area (Å²) in [5, 5.41) is 12.5. The number of anilines is 1. The van der Waals surface area contributed by atoms with Crippen molar-refractivity contribution in [2.24, 2.45) is 0 Å². The summed E-state index contributed by atoms with van der Waals surface area (Å²) in [5.41, 5.74) is 7.78. The summed E-state index contributed by atoms with van der Waals surface area (Å²) >= 11 is 0. The van der Waals surface area contributed by atoms with Crippen molar-refractivity contribution in [1.82, 2.24) is 20.2 Å². The van der Waals surface area contributed by atoms with E-state index in [1.807, 2.05) is 49.4 Å². The van der Waals surface area contributed by atoms with E-state index >= 15 is 0 Å². The van der Waals surface area contributed by atoms with Crippen LogP contribution in [-0.4, -0.2) is 26.1 Å². The van der Waals surface area contributed by atoms with Gasteiger partial charge in [0.05, 0.1) is 23.1 Å².